The zero-order valence-corrected chi connectivity index (χ0v) is 32.9. The molecule has 3 rings (SSSR count). The van der Waals surface area contributed by atoms with Gasteiger partial charge in [0.2, 0.25) is 0 Å². The molecule has 5 N–H and O–H groups in total. The molecule has 0 radical (unpaired) electrons. The Hall–Kier alpha value is -0.300. The summed E-state index contributed by atoms with van der Waals surface area (Å²) in [6, 6.07) is -0.324. The van der Waals surface area contributed by atoms with E-state index in [1.807, 2.05) is 25.9 Å². The molecule has 0 aromatic heterocycles. The number of cyclic esters (lactones) is 1. The van der Waals surface area contributed by atoms with E-state index in [0.717, 1.165) is 0 Å². The Bertz CT molecular complexity index is 1170. The topological polar surface area (TPSA) is 194 Å². The van der Waals surface area contributed by atoms with E-state index in [4.69, 9.17) is 28.4 Å². The molecule has 0 aromatic carbocycles. The molecule has 3 heterocycles. The van der Waals surface area contributed by atoms with Crippen LogP contribution in [0.5, 0.6) is 0 Å². The van der Waals surface area contributed by atoms with Crippen LogP contribution in [0.1, 0.15) is 94.9 Å². The molecular formula is C37H68NNaO13. The van der Waals surface area contributed by atoms with E-state index in [0.29, 0.717) is 6.42 Å². The van der Waals surface area contributed by atoms with Gasteiger partial charge in [-0.15, -0.1) is 0 Å². The number of carbonyl (C=O) groups is 2. The summed E-state index contributed by atoms with van der Waals surface area (Å²) in [6.45, 7) is 16.3. The summed E-state index contributed by atoms with van der Waals surface area (Å²) in [6.07, 6.45) is -9.71. The number of nitrogens with zero attached hydrogens (tertiary/aromatic N) is 1. The number of hydrogen-bond acceptors (Lipinski definition) is 14. The molecule has 300 valence electrons. The van der Waals surface area contributed by atoms with E-state index >= 15 is 0 Å². The molecule has 3 saturated heterocycles. The van der Waals surface area contributed by atoms with Crippen LogP contribution in [0.25, 0.3) is 0 Å². The molecule has 0 aromatic rings. The molecule has 0 aliphatic carbocycles. The Morgan fingerprint density at radius 3 is 2.02 bits per heavy atom. The predicted molar refractivity (Wildman–Crippen MR) is 193 cm³/mol. The van der Waals surface area contributed by atoms with Crippen LogP contribution >= 0.6 is 0 Å². The Labute approximate surface area is 332 Å². The van der Waals surface area contributed by atoms with Crippen LogP contribution in [0.4, 0.5) is 0 Å². The number of aliphatic hydroxyl groups excluding tert-OH is 3. The molecule has 0 amide bonds. The van der Waals surface area contributed by atoms with Crippen molar-refractivity contribution in [1.82, 2.24) is 4.90 Å². The molecule has 14 nitrogen and oxygen atoms in total. The third-order valence-electron chi connectivity index (χ3n) is 11.8. The summed E-state index contributed by atoms with van der Waals surface area (Å²) in [5.41, 5.74) is -4.84. The fourth-order valence-electron chi connectivity index (χ4n) is 8.41. The van der Waals surface area contributed by atoms with Gasteiger partial charge in [-0.25, -0.2) is 0 Å². The van der Waals surface area contributed by atoms with Crippen LogP contribution in [0.3, 0.4) is 0 Å². The van der Waals surface area contributed by atoms with Crippen LogP contribution < -0.4 is 0 Å². The SMILES string of the molecule is CC[C@H]1OC(=O)[C@H](C)[C@@H](O[C@H]2C[C@@](C)(OC)[C@@H](O)[C@H](C)O2)[C@H](C)[C@@H](O[C@@H]2O[C@H](C)C[C@H](N(C)C)[C@H]2O)[C@](C)(O)C[C@@H](C)C(=O)[C@H](C)[C@@H](O)[C@]1(C)O.[NaH]. The van der Waals surface area contributed by atoms with Crippen LogP contribution in [0.15, 0.2) is 0 Å². The third kappa shape index (κ3) is 10.4. The third-order valence-corrected chi connectivity index (χ3v) is 11.8. The van der Waals surface area contributed by atoms with Crippen LogP contribution in [-0.2, 0) is 38.0 Å². The predicted octanol–water partition coefficient (Wildman–Crippen LogP) is 1.14. The molecule has 52 heavy (non-hydrogen) atoms. The van der Waals surface area contributed by atoms with Crippen molar-refractivity contribution in [3.8, 4) is 0 Å². The normalized spacial score (nSPS) is 48.8. The number of hydrogen-bond donors (Lipinski definition) is 5. The van der Waals surface area contributed by atoms with Crippen LogP contribution in [0, 0.1) is 23.7 Å². The van der Waals surface area contributed by atoms with Gasteiger partial charge in [0.1, 0.15) is 29.7 Å². The van der Waals surface area contributed by atoms with Crippen LogP contribution in [-0.4, -0.2) is 177 Å². The second kappa shape index (κ2) is 18.8. The Morgan fingerprint density at radius 2 is 1.48 bits per heavy atom. The number of Topliss-reactive ketones (excluding diaryl/α,β-unsaturated/α-hetero) is 1. The van der Waals surface area contributed by atoms with E-state index in [2.05, 4.69) is 0 Å². The van der Waals surface area contributed by atoms with Crippen molar-refractivity contribution in [1.29, 1.82) is 0 Å². The fraction of sp³-hybridized carbons (Fsp3) is 0.946. The minimum absolute atomic E-state index is 0. The van der Waals surface area contributed by atoms with E-state index in [9.17, 15) is 35.1 Å². The van der Waals surface area contributed by atoms with E-state index in [-0.39, 0.29) is 61.0 Å². The monoisotopic (exact) mass is 757 g/mol. The summed E-state index contributed by atoms with van der Waals surface area (Å²) in [7, 11) is 5.18. The van der Waals surface area contributed by atoms with E-state index in [1.54, 1.807) is 41.5 Å². The molecule has 0 spiro atoms. The van der Waals surface area contributed by atoms with Crippen molar-refractivity contribution in [2.24, 2.45) is 23.7 Å². The van der Waals surface area contributed by atoms with Gasteiger partial charge in [0.05, 0.1) is 47.6 Å². The molecule has 3 aliphatic rings. The first-order valence-corrected chi connectivity index (χ1v) is 18.5. The van der Waals surface area contributed by atoms with Gasteiger partial charge in [-0.2, -0.15) is 0 Å². The average Bonchev–Trinajstić information content (AvgIpc) is 3.05. The van der Waals surface area contributed by atoms with Gasteiger partial charge < -0.3 is 58.9 Å². The standard InChI is InChI=1S/C37H67NO13.Na.H/c1-14-25-37(10,45)30(41)20(4)27(39)18(2)16-35(8,44)32(51-34-28(40)24(38(11)12)15-19(3)47-34)21(5)29(22(6)33(43)49-25)50-26-17-36(9,46-13)31(42)23(7)48-26;;/h18-26,28-32,34,40-42,44-45H,14-17H2,1-13H3;;/t18-,19-,20+,21+,22-,23+,24+,25-,26+,28-,29+,30-,31+,32-,34+,35-,36-,37-;;/m1../s1. The second-order valence-electron chi connectivity index (χ2n) is 16.5. The first-order valence-electron chi connectivity index (χ1n) is 18.5. The number of esters is 1. The maximum atomic E-state index is 14.1. The molecule has 18 atom stereocenters. The molecule has 3 aliphatic heterocycles. The quantitative estimate of drug-likeness (QED) is 0.183. The van der Waals surface area contributed by atoms with Gasteiger partial charge in [-0.05, 0) is 74.9 Å². The Balaban J connectivity index is 0.00000936. The van der Waals surface area contributed by atoms with Gasteiger partial charge in [0.15, 0.2) is 12.6 Å². The van der Waals surface area contributed by atoms with Gasteiger partial charge in [-0.3, -0.25) is 9.59 Å². The van der Waals surface area contributed by atoms with Gasteiger partial charge in [-0.1, -0.05) is 27.7 Å². The van der Waals surface area contributed by atoms with Gasteiger partial charge in [0.25, 0.3) is 0 Å². The number of aliphatic hydroxyl groups is 5. The zero-order chi connectivity index (χ0) is 39.0. The number of rotatable bonds is 7. The minimum atomic E-state index is -1.99. The summed E-state index contributed by atoms with van der Waals surface area (Å²) in [4.78, 5) is 29.8. The van der Waals surface area contributed by atoms with Crippen molar-refractivity contribution in [2.75, 3.05) is 21.2 Å². The number of methoxy groups -OCH3 is 1. The molecule has 3 fully saturated rings. The Kier molecular flexibility index (Phi) is 17.3. The van der Waals surface area contributed by atoms with Crippen molar-refractivity contribution < 1.29 is 63.5 Å². The van der Waals surface area contributed by atoms with E-state index < -0.39 is 108 Å². The average molecular weight is 758 g/mol. The van der Waals surface area contributed by atoms with Crippen LogP contribution in [0.2, 0.25) is 0 Å². The summed E-state index contributed by atoms with van der Waals surface area (Å²) >= 11 is 0. The van der Waals surface area contributed by atoms with Gasteiger partial charge >= 0.3 is 35.5 Å². The van der Waals surface area contributed by atoms with Crippen molar-refractivity contribution >= 4 is 41.3 Å². The molecule has 0 saturated carbocycles. The molecular weight excluding hydrogens is 689 g/mol. The zero-order valence-electron chi connectivity index (χ0n) is 32.9. The molecule has 0 unspecified atom stereocenters. The number of ether oxygens (including phenoxy) is 6. The first kappa shape index (κ1) is 47.9. The molecule has 0 bridgehead atoms. The summed E-state index contributed by atoms with van der Waals surface area (Å²) < 4.78 is 37.1. The second-order valence-corrected chi connectivity index (χ2v) is 16.5. The van der Waals surface area contributed by atoms with Crippen molar-refractivity contribution in [3.63, 3.8) is 0 Å². The number of ketones is 1. The summed E-state index contributed by atoms with van der Waals surface area (Å²) in [5, 5.41) is 57.6. The maximum absolute atomic E-state index is 14.1. The van der Waals surface area contributed by atoms with E-state index in [1.165, 1.54) is 27.9 Å². The Morgan fingerprint density at radius 1 is 0.885 bits per heavy atom. The fourth-order valence-corrected chi connectivity index (χ4v) is 8.41. The summed E-state index contributed by atoms with van der Waals surface area (Å²) in [5.74, 6) is -4.98. The van der Waals surface area contributed by atoms with Crippen molar-refractivity contribution in [2.45, 2.75) is 179 Å². The molecule has 15 heteroatoms. The first-order chi connectivity index (χ1) is 23.4. The van der Waals surface area contributed by atoms with Crippen molar-refractivity contribution in [3.05, 3.63) is 0 Å². The number of carbonyl (C=O) groups excluding carboxylic acids is 2. The van der Waals surface area contributed by atoms with Gasteiger partial charge in [0, 0.05) is 37.3 Å². The number of likely N-dealkylation sites (N-methyl/N-ethyl adjacent to an activating group) is 1.